The lowest BCUT2D eigenvalue weighted by Crippen LogP contribution is -2.28. The quantitative estimate of drug-likeness (QED) is 0.346. The molecule has 0 bridgehead atoms. The largest absolute Gasteiger partial charge is 0.411 e. The Morgan fingerprint density at radius 1 is 1.31 bits per heavy atom. The lowest BCUT2D eigenvalue weighted by atomic mass is 9.68. The van der Waals surface area contributed by atoms with Gasteiger partial charge in [0.15, 0.2) is 0 Å². The number of allylic oxidation sites excluding steroid dienone is 2. The second-order valence-corrected chi connectivity index (χ2v) is 4.35. The van der Waals surface area contributed by atoms with Crippen LogP contribution in [0.1, 0.15) is 44.9 Å². The Hall–Kier alpha value is -0.790. The molecule has 1 fully saturated rings. The van der Waals surface area contributed by atoms with Crippen LogP contribution in [0.15, 0.2) is 17.3 Å². The molecule has 2 rings (SSSR count). The normalized spacial score (nSPS) is 37.1. The van der Waals surface area contributed by atoms with Crippen molar-refractivity contribution in [2.24, 2.45) is 10.6 Å². The number of nitrogens with zero attached hydrogens (tertiary/aromatic N) is 1. The SMILES string of the molecule is ON=C1CCCC2(C=CCCC2)C1. The van der Waals surface area contributed by atoms with Crippen LogP contribution < -0.4 is 0 Å². The molecule has 1 spiro atoms. The predicted molar refractivity (Wildman–Crippen MR) is 53.1 cm³/mol. The van der Waals surface area contributed by atoms with Gasteiger partial charge in [-0.25, -0.2) is 0 Å². The van der Waals surface area contributed by atoms with Crippen molar-refractivity contribution in [2.45, 2.75) is 44.9 Å². The van der Waals surface area contributed by atoms with Crippen molar-refractivity contribution in [1.29, 1.82) is 0 Å². The van der Waals surface area contributed by atoms with Gasteiger partial charge in [-0.1, -0.05) is 17.3 Å². The maximum absolute atomic E-state index is 8.77. The van der Waals surface area contributed by atoms with Crippen LogP contribution in [0.4, 0.5) is 0 Å². The maximum Gasteiger partial charge on any atom is 0.0579 e. The third-order valence-corrected chi connectivity index (χ3v) is 3.35. The Kier molecular flexibility index (Phi) is 2.38. The van der Waals surface area contributed by atoms with E-state index in [9.17, 15) is 0 Å². The molecule has 0 aromatic carbocycles. The zero-order valence-corrected chi connectivity index (χ0v) is 8.00. The minimum Gasteiger partial charge on any atom is -0.411 e. The van der Waals surface area contributed by atoms with Gasteiger partial charge in [0, 0.05) is 0 Å². The molecule has 0 aliphatic heterocycles. The molecule has 0 amide bonds. The monoisotopic (exact) mass is 179 g/mol. The number of hydrogen-bond acceptors (Lipinski definition) is 2. The summed E-state index contributed by atoms with van der Waals surface area (Å²) in [6.07, 6.45) is 12.9. The molecule has 13 heavy (non-hydrogen) atoms. The minimum absolute atomic E-state index is 0.359. The van der Waals surface area contributed by atoms with Crippen molar-refractivity contribution in [3.63, 3.8) is 0 Å². The molecule has 72 valence electrons. The third kappa shape index (κ3) is 1.77. The van der Waals surface area contributed by atoms with Crippen LogP contribution in [0.3, 0.4) is 0 Å². The van der Waals surface area contributed by atoms with E-state index in [2.05, 4.69) is 17.3 Å². The first-order valence-corrected chi connectivity index (χ1v) is 5.22. The molecule has 1 atom stereocenters. The van der Waals surface area contributed by atoms with Gasteiger partial charge >= 0.3 is 0 Å². The van der Waals surface area contributed by atoms with E-state index in [1.54, 1.807) is 0 Å². The highest BCUT2D eigenvalue weighted by atomic mass is 16.4. The van der Waals surface area contributed by atoms with Crippen LogP contribution in [0, 0.1) is 5.41 Å². The van der Waals surface area contributed by atoms with Crippen molar-refractivity contribution >= 4 is 5.71 Å². The molecule has 0 saturated heterocycles. The molecule has 0 aromatic rings. The molecule has 2 aliphatic carbocycles. The van der Waals surface area contributed by atoms with E-state index in [4.69, 9.17) is 5.21 Å². The van der Waals surface area contributed by atoms with E-state index in [1.165, 1.54) is 32.1 Å². The Balaban J connectivity index is 2.13. The van der Waals surface area contributed by atoms with Gasteiger partial charge in [-0.2, -0.15) is 0 Å². The molecular weight excluding hydrogens is 162 g/mol. The van der Waals surface area contributed by atoms with E-state index in [0.717, 1.165) is 18.6 Å². The summed E-state index contributed by atoms with van der Waals surface area (Å²) in [4.78, 5) is 0. The molecule has 1 N–H and O–H groups in total. The first-order valence-electron chi connectivity index (χ1n) is 5.22. The number of rotatable bonds is 0. The summed E-state index contributed by atoms with van der Waals surface area (Å²) in [6.45, 7) is 0. The summed E-state index contributed by atoms with van der Waals surface area (Å²) < 4.78 is 0. The van der Waals surface area contributed by atoms with E-state index in [1.807, 2.05) is 0 Å². The zero-order valence-electron chi connectivity index (χ0n) is 8.00. The van der Waals surface area contributed by atoms with Crippen molar-refractivity contribution < 1.29 is 5.21 Å². The summed E-state index contributed by atoms with van der Waals surface area (Å²) in [5, 5.41) is 12.1. The summed E-state index contributed by atoms with van der Waals surface area (Å²) in [5.74, 6) is 0. The average Bonchev–Trinajstić information content (AvgIpc) is 2.19. The molecule has 2 nitrogen and oxygen atoms in total. The summed E-state index contributed by atoms with van der Waals surface area (Å²) >= 11 is 0. The average molecular weight is 179 g/mol. The first kappa shape index (κ1) is 8.79. The van der Waals surface area contributed by atoms with Crippen LogP contribution in [0.2, 0.25) is 0 Å². The van der Waals surface area contributed by atoms with E-state index in [0.29, 0.717) is 5.41 Å². The maximum atomic E-state index is 8.77. The van der Waals surface area contributed by atoms with E-state index < -0.39 is 0 Å². The van der Waals surface area contributed by atoms with Crippen molar-refractivity contribution in [3.8, 4) is 0 Å². The van der Waals surface area contributed by atoms with Crippen molar-refractivity contribution in [2.75, 3.05) is 0 Å². The van der Waals surface area contributed by atoms with Crippen LogP contribution >= 0.6 is 0 Å². The molecule has 0 aromatic heterocycles. The molecular formula is C11H17NO. The highest BCUT2D eigenvalue weighted by molar-refractivity contribution is 5.85. The molecule has 2 aliphatic rings. The first-order chi connectivity index (χ1) is 6.35. The van der Waals surface area contributed by atoms with Gasteiger partial charge in [0.05, 0.1) is 5.71 Å². The van der Waals surface area contributed by atoms with Crippen LogP contribution in [-0.2, 0) is 0 Å². The summed E-state index contributed by atoms with van der Waals surface area (Å²) in [7, 11) is 0. The molecule has 1 unspecified atom stereocenters. The Bertz CT molecular complexity index is 244. The van der Waals surface area contributed by atoms with Gasteiger partial charge < -0.3 is 5.21 Å². The fourth-order valence-electron chi connectivity index (χ4n) is 2.66. The third-order valence-electron chi connectivity index (χ3n) is 3.35. The van der Waals surface area contributed by atoms with E-state index >= 15 is 0 Å². The summed E-state index contributed by atoms with van der Waals surface area (Å²) in [5.41, 5.74) is 1.36. The number of hydrogen-bond donors (Lipinski definition) is 1. The highest BCUT2D eigenvalue weighted by Crippen LogP contribution is 2.42. The van der Waals surface area contributed by atoms with Crippen LogP contribution in [-0.4, -0.2) is 10.9 Å². The van der Waals surface area contributed by atoms with Gasteiger partial charge in [-0.3, -0.25) is 0 Å². The molecule has 1 saturated carbocycles. The second-order valence-electron chi connectivity index (χ2n) is 4.35. The smallest absolute Gasteiger partial charge is 0.0579 e. The topological polar surface area (TPSA) is 32.6 Å². The van der Waals surface area contributed by atoms with Gasteiger partial charge in [-0.15, -0.1) is 0 Å². The minimum atomic E-state index is 0.359. The van der Waals surface area contributed by atoms with Gasteiger partial charge in [0.2, 0.25) is 0 Å². The number of oxime groups is 1. The molecule has 0 radical (unpaired) electrons. The fourth-order valence-corrected chi connectivity index (χ4v) is 2.66. The molecule has 2 heteroatoms. The van der Waals surface area contributed by atoms with Gasteiger partial charge in [0.1, 0.15) is 0 Å². The van der Waals surface area contributed by atoms with Crippen molar-refractivity contribution in [3.05, 3.63) is 12.2 Å². The highest BCUT2D eigenvalue weighted by Gasteiger charge is 2.33. The summed E-state index contributed by atoms with van der Waals surface area (Å²) in [6, 6.07) is 0. The predicted octanol–water partition coefficient (Wildman–Crippen LogP) is 3.12. The lowest BCUT2D eigenvalue weighted by molar-refractivity contribution is 0.271. The van der Waals surface area contributed by atoms with Crippen LogP contribution in [0.25, 0.3) is 0 Å². The van der Waals surface area contributed by atoms with Crippen molar-refractivity contribution in [1.82, 2.24) is 0 Å². The van der Waals surface area contributed by atoms with E-state index in [-0.39, 0.29) is 0 Å². The Labute approximate surface area is 79.3 Å². The van der Waals surface area contributed by atoms with Crippen LogP contribution in [0.5, 0.6) is 0 Å². The van der Waals surface area contributed by atoms with Gasteiger partial charge in [-0.05, 0) is 50.4 Å². The Morgan fingerprint density at radius 3 is 2.85 bits per heavy atom. The standard InChI is InChI=1S/C11H17NO/c13-12-10-5-4-8-11(9-10)6-2-1-3-7-11/h2,6,13H,1,3-5,7-9H2. The lowest BCUT2D eigenvalue weighted by Gasteiger charge is -2.36. The Morgan fingerprint density at radius 2 is 2.15 bits per heavy atom. The fraction of sp³-hybridized carbons (Fsp3) is 0.727. The molecule has 0 heterocycles. The second kappa shape index (κ2) is 3.52. The van der Waals surface area contributed by atoms with Gasteiger partial charge in [0.25, 0.3) is 0 Å². The zero-order chi connectivity index (χ0) is 9.15.